The van der Waals surface area contributed by atoms with Gasteiger partial charge in [0.15, 0.2) is 5.16 Å². The van der Waals surface area contributed by atoms with Crippen LogP contribution in [-0.2, 0) is 6.54 Å². The van der Waals surface area contributed by atoms with Crippen LogP contribution in [0.3, 0.4) is 0 Å². The molecule has 0 bridgehead atoms. The Kier molecular flexibility index (Phi) is 2.70. The molecule has 0 spiro atoms. The van der Waals surface area contributed by atoms with Crippen LogP contribution in [0.5, 0.6) is 0 Å². The molecule has 0 aliphatic rings. The van der Waals surface area contributed by atoms with Gasteiger partial charge in [0.05, 0.1) is 5.69 Å². The van der Waals surface area contributed by atoms with Gasteiger partial charge >= 0.3 is 0 Å². The lowest BCUT2D eigenvalue weighted by Gasteiger charge is -1.98. The maximum Gasteiger partial charge on any atom is 0.189 e. The van der Waals surface area contributed by atoms with Gasteiger partial charge in [0, 0.05) is 6.54 Å². The number of aromatic nitrogens is 5. The summed E-state index contributed by atoms with van der Waals surface area (Å²) in [6.07, 6.45) is 2.94. The third-order valence-corrected chi connectivity index (χ3v) is 2.32. The molecule has 2 aromatic heterocycles. The van der Waals surface area contributed by atoms with E-state index in [2.05, 4.69) is 25.1 Å². The van der Waals surface area contributed by atoms with Crippen molar-refractivity contribution >= 4 is 11.8 Å². The zero-order chi connectivity index (χ0) is 9.80. The third-order valence-electron chi connectivity index (χ3n) is 1.50. The number of hydrogen-bond donors (Lipinski definition) is 2. The molecule has 3 N–H and O–H groups in total. The van der Waals surface area contributed by atoms with Crippen LogP contribution < -0.4 is 5.73 Å². The first-order chi connectivity index (χ1) is 6.88. The molecule has 0 saturated heterocycles. The van der Waals surface area contributed by atoms with E-state index < -0.39 is 0 Å². The summed E-state index contributed by atoms with van der Waals surface area (Å²) in [5.74, 6) is 0. The van der Waals surface area contributed by atoms with E-state index >= 15 is 0 Å². The van der Waals surface area contributed by atoms with Gasteiger partial charge in [-0.25, -0.2) is 15.0 Å². The molecule has 0 fully saturated rings. The first-order valence-electron chi connectivity index (χ1n) is 3.92. The average Bonchev–Trinajstić information content (AvgIpc) is 2.71. The summed E-state index contributed by atoms with van der Waals surface area (Å²) in [6, 6.07) is 1.83. The van der Waals surface area contributed by atoms with Gasteiger partial charge in [-0.1, -0.05) is 0 Å². The van der Waals surface area contributed by atoms with Crippen molar-refractivity contribution in [3.05, 3.63) is 24.4 Å². The molecule has 0 aliphatic heterocycles. The van der Waals surface area contributed by atoms with Gasteiger partial charge in [0.1, 0.15) is 17.7 Å². The number of hydrogen-bond acceptors (Lipinski definition) is 6. The van der Waals surface area contributed by atoms with Gasteiger partial charge in [-0.3, -0.25) is 5.10 Å². The highest BCUT2D eigenvalue weighted by Crippen LogP contribution is 2.21. The Morgan fingerprint density at radius 1 is 1.29 bits per heavy atom. The Bertz CT molecular complexity index is 400. The molecule has 7 heteroatoms. The molecular weight excluding hydrogens is 200 g/mol. The highest BCUT2D eigenvalue weighted by atomic mass is 32.2. The molecule has 0 unspecified atom stereocenters. The Labute approximate surface area is 84.4 Å². The molecule has 0 amide bonds. The van der Waals surface area contributed by atoms with E-state index in [4.69, 9.17) is 5.73 Å². The number of nitrogens with zero attached hydrogens (tertiary/aromatic N) is 4. The van der Waals surface area contributed by atoms with Gasteiger partial charge < -0.3 is 5.73 Å². The Balaban J connectivity index is 2.17. The van der Waals surface area contributed by atoms with Crippen LogP contribution in [0, 0.1) is 0 Å². The van der Waals surface area contributed by atoms with Crippen LogP contribution in [-0.4, -0.2) is 25.1 Å². The van der Waals surface area contributed by atoms with Crippen molar-refractivity contribution in [2.75, 3.05) is 0 Å². The van der Waals surface area contributed by atoms with E-state index in [1.807, 2.05) is 6.07 Å². The normalized spacial score (nSPS) is 10.4. The second-order valence-electron chi connectivity index (χ2n) is 2.44. The van der Waals surface area contributed by atoms with Crippen LogP contribution in [0.1, 0.15) is 5.69 Å². The Hall–Kier alpha value is -1.47. The van der Waals surface area contributed by atoms with Crippen molar-refractivity contribution in [1.29, 1.82) is 0 Å². The van der Waals surface area contributed by atoms with Gasteiger partial charge in [0.2, 0.25) is 0 Å². The Morgan fingerprint density at radius 2 is 2.21 bits per heavy atom. The SMILES string of the molecule is NCc1cc(Sc2ncn[nH]2)ncn1. The fourth-order valence-electron chi connectivity index (χ4n) is 0.887. The minimum atomic E-state index is 0.409. The summed E-state index contributed by atoms with van der Waals surface area (Å²) >= 11 is 1.39. The predicted octanol–water partition coefficient (Wildman–Crippen LogP) is 0.205. The number of H-pyrrole nitrogens is 1. The number of nitrogens with one attached hydrogen (secondary N) is 1. The molecule has 2 aromatic rings. The predicted molar refractivity (Wildman–Crippen MR) is 50.4 cm³/mol. The van der Waals surface area contributed by atoms with E-state index in [9.17, 15) is 0 Å². The molecule has 2 rings (SSSR count). The summed E-state index contributed by atoms with van der Waals surface area (Å²) in [4.78, 5) is 12.0. The van der Waals surface area contributed by atoms with Crippen LogP contribution in [0.4, 0.5) is 0 Å². The largest absolute Gasteiger partial charge is 0.325 e. The van der Waals surface area contributed by atoms with Crippen molar-refractivity contribution in [3.63, 3.8) is 0 Å². The lowest BCUT2D eigenvalue weighted by atomic mass is 10.4. The average molecular weight is 208 g/mol. The summed E-state index contributed by atoms with van der Waals surface area (Å²) in [7, 11) is 0. The molecule has 0 atom stereocenters. The second kappa shape index (κ2) is 4.16. The molecule has 72 valence electrons. The highest BCUT2D eigenvalue weighted by Gasteiger charge is 2.02. The molecule has 6 nitrogen and oxygen atoms in total. The summed E-state index contributed by atoms with van der Waals surface area (Å²) in [6.45, 7) is 0.409. The van der Waals surface area contributed by atoms with Crippen molar-refractivity contribution in [1.82, 2.24) is 25.1 Å². The van der Waals surface area contributed by atoms with Gasteiger partial charge in [-0.05, 0) is 17.8 Å². The van der Waals surface area contributed by atoms with Crippen LogP contribution in [0.15, 0.2) is 28.9 Å². The monoisotopic (exact) mass is 208 g/mol. The lowest BCUT2D eigenvalue weighted by molar-refractivity contribution is 0.915. The van der Waals surface area contributed by atoms with E-state index in [0.717, 1.165) is 10.7 Å². The van der Waals surface area contributed by atoms with Gasteiger partial charge in [-0.2, -0.15) is 5.10 Å². The number of rotatable bonds is 3. The standard InChI is InChI=1S/C7H8N6S/c8-2-5-1-6(10-3-9-5)14-7-11-4-12-13-7/h1,3-4H,2,8H2,(H,11,12,13). The van der Waals surface area contributed by atoms with Crippen molar-refractivity contribution in [3.8, 4) is 0 Å². The zero-order valence-electron chi connectivity index (χ0n) is 7.21. The fraction of sp³-hybridized carbons (Fsp3) is 0.143. The van der Waals surface area contributed by atoms with E-state index in [0.29, 0.717) is 11.7 Å². The maximum absolute atomic E-state index is 5.46. The molecule has 0 aromatic carbocycles. The van der Waals surface area contributed by atoms with Crippen LogP contribution in [0.2, 0.25) is 0 Å². The van der Waals surface area contributed by atoms with Gasteiger partial charge in [-0.15, -0.1) is 0 Å². The first kappa shape index (κ1) is 9.10. The third kappa shape index (κ3) is 2.06. The van der Waals surface area contributed by atoms with Crippen LogP contribution in [0.25, 0.3) is 0 Å². The molecule has 0 saturated carbocycles. The number of aromatic amines is 1. The van der Waals surface area contributed by atoms with Crippen molar-refractivity contribution < 1.29 is 0 Å². The van der Waals surface area contributed by atoms with Crippen molar-refractivity contribution in [2.24, 2.45) is 5.73 Å². The summed E-state index contributed by atoms with van der Waals surface area (Å²) in [5, 5.41) is 7.97. The highest BCUT2D eigenvalue weighted by molar-refractivity contribution is 7.99. The van der Waals surface area contributed by atoms with Crippen LogP contribution >= 0.6 is 11.8 Å². The van der Waals surface area contributed by atoms with Gasteiger partial charge in [0.25, 0.3) is 0 Å². The fourth-order valence-corrected chi connectivity index (χ4v) is 1.58. The van der Waals surface area contributed by atoms with E-state index in [1.54, 1.807) is 0 Å². The smallest absolute Gasteiger partial charge is 0.189 e. The molecular formula is C7H8N6S. The molecule has 14 heavy (non-hydrogen) atoms. The van der Waals surface area contributed by atoms with E-state index in [1.165, 1.54) is 24.4 Å². The topological polar surface area (TPSA) is 93.4 Å². The first-order valence-corrected chi connectivity index (χ1v) is 4.74. The number of nitrogens with two attached hydrogens (primary N) is 1. The minimum absolute atomic E-state index is 0.409. The summed E-state index contributed by atoms with van der Waals surface area (Å²) in [5.41, 5.74) is 6.26. The maximum atomic E-state index is 5.46. The molecule has 0 aliphatic carbocycles. The quantitative estimate of drug-likeness (QED) is 0.700. The second-order valence-corrected chi connectivity index (χ2v) is 3.45. The minimum Gasteiger partial charge on any atom is -0.325 e. The lowest BCUT2D eigenvalue weighted by Crippen LogP contribution is -2.00. The molecule has 0 radical (unpaired) electrons. The summed E-state index contributed by atoms with van der Waals surface area (Å²) < 4.78 is 0. The van der Waals surface area contributed by atoms with Crippen molar-refractivity contribution in [2.45, 2.75) is 16.7 Å². The molecule has 2 heterocycles. The van der Waals surface area contributed by atoms with E-state index in [-0.39, 0.29) is 0 Å². The zero-order valence-corrected chi connectivity index (χ0v) is 8.03. The Morgan fingerprint density at radius 3 is 2.93 bits per heavy atom.